The molecule has 0 heterocycles. The highest BCUT2D eigenvalue weighted by molar-refractivity contribution is 5.61. The van der Waals surface area contributed by atoms with E-state index in [1.807, 2.05) is 25.1 Å². The van der Waals surface area contributed by atoms with Crippen molar-refractivity contribution in [3.05, 3.63) is 29.3 Å². The molecule has 2 rings (SSSR count). The molecule has 1 fully saturated rings. The van der Waals surface area contributed by atoms with Crippen LogP contribution in [0.3, 0.4) is 0 Å². The summed E-state index contributed by atoms with van der Waals surface area (Å²) in [5.74, 6) is 0. The van der Waals surface area contributed by atoms with Gasteiger partial charge in [-0.3, -0.25) is 0 Å². The van der Waals surface area contributed by atoms with Crippen molar-refractivity contribution in [2.45, 2.75) is 45.1 Å². The lowest BCUT2D eigenvalue weighted by molar-refractivity contribution is 0.290. The summed E-state index contributed by atoms with van der Waals surface area (Å²) >= 11 is 0. The summed E-state index contributed by atoms with van der Waals surface area (Å²) in [6, 6.07) is 8.76. The van der Waals surface area contributed by atoms with Crippen molar-refractivity contribution in [3.8, 4) is 6.07 Å². The Morgan fingerprint density at radius 2 is 2.05 bits per heavy atom. The molecule has 1 aliphatic carbocycles. The number of nitrogens with zero attached hydrogens (tertiary/aromatic N) is 2. The molecule has 0 aliphatic heterocycles. The van der Waals surface area contributed by atoms with Crippen LogP contribution in [0.2, 0.25) is 0 Å². The monoisotopic (exact) mass is 258 g/mol. The number of hydrogen-bond donors (Lipinski definition) is 1. The van der Waals surface area contributed by atoms with Crippen molar-refractivity contribution >= 4 is 5.69 Å². The summed E-state index contributed by atoms with van der Waals surface area (Å²) in [7, 11) is 0. The van der Waals surface area contributed by atoms with Gasteiger partial charge < -0.3 is 10.0 Å². The van der Waals surface area contributed by atoms with Gasteiger partial charge in [0.1, 0.15) is 6.07 Å². The minimum Gasteiger partial charge on any atom is -0.395 e. The predicted octanol–water partition coefficient (Wildman–Crippen LogP) is 3.00. The first-order valence-corrected chi connectivity index (χ1v) is 7.14. The van der Waals surface area contributed by atoms with Crippen molar-refractivity contribution in [1.29, 1.82) is 5.26 Å². The molecule has 0 amide bonds. The highest BCUT2D eigenvalue weighted by Gasteiger charge is 2.22. The van der Waals surface area contributed by atoms with Crippen LogP contribution in [0.25, 0.3) is 0 Å². The number of nitriles is 1. The van der Waals surface area contributed by atoms with Gasteiger partial charge in [0.25, 0.3) is 0 Å². The average molecular weight is 258 g/mol. The molecule has 102 valence electrons. The van der Waals surface area contributed by atoms with Crippen LogP contribution in [-0.2, 0) is 0 Å². The van der Waals surface area contributed by atoms with E-state index in [0.717, 1.165) is 16.8 Å². The molecule has 0 bridgehead atoms. The van der Waals surface area contributed by atoms with Crippen molar-refractivity contribution in [2.75, 3.05) is 18.1 Å². The van der Waals surface area contributed by atoms with Gasteiger partial charge in [-0.2, -0.15) is 5.26 Å². The van der Waals surface area contributed by atoms with E-state index in [1.54, 1.807) is 0 Å². The molecule has 1 saturated carbocycles. The summed E-state index contributed by atoms with van der Waals surface area (Å²) in [6.45, 7) is 2.75. The highest BCUT2D eigenvalue weighted by Crippen LogP contribution is 2.29. The molecule has 0 aromatic heterocycles. The van der Waals surface area contributed by atoms with E-state index < -0.39 is 0 Å². The molecular formula is C16H22N2O. The summed E-state index contributed by atoms with van der Waals surface area (Å²) in [4.78, 5) is 2.23. The quantitative estimate of drug-likeness (QED) is 0.903. The minimum absolute atomic E-state index is 0.134. The minimum atomic E-state index is 0.134. The Balaban J connectivity index is 2.30. The maximum Gasteiger partial charge on any atom is 0.101 e. The van der Waals surface area contributed by atoms with Gasteiger partial charge in [-0.15, -0.1) is 0 Å². The van der Waals surface area contributed by atoms with Gasteiger partial charge in [-0.1, -0.05) is 25.3 Å². The van der Waals surface area contributed by atoms with Gasteiger partial charge in [0.05, 0.1) is 17.9 Å². The second-order valence-electron chi connectivity index (χ2n) is 5.34. The van der Waals surface area contributed by atoms with E-state index in [-0.39, 0.29) is 6.61 Å². The summed E-state index contributed by atoms with van der Waals surface area (Å²) in [5.41, 5.74) is 2.81. The molecule has 3 heteroatoms. The fourth-order valence-corrected chi connectivity index (χ4v) is 2.99. The Kier molecular flexibility index (Phi) is 4.81. The van der Waals surface area contributed by atoms with Gasteiger partial charge in [0.15, 0.2) is 0 Å². The highest BCUT2D eigenvalue weighted by atomic mass is 16.3. The molecule has 1 N–H and O–H groups in total. The van der Waals surface area contributed by atoms with E-state index in [4.69, 9.17) is 0 Å². The SMILES string of the molecule is Cc1ccc(N(CCO)C2CCCCC2)c(C#N)c1. The summed E-state index contributed by atoms with van der Waals surface area (Å²) < 4.78 is 0. The maximum atomic E-state index is 9.32. The number of anilines is 1. The zero-order chi connectivity index (χ0) is 13.7. The Bertz CT molecular complexity index is 458. The number of aryl methyl sites for hydroxylation is 1. The molecule has 0 atom stereocenters. The molecule has 0 spiro atoms. The molecule has 0 radical (unpaired) electrons. The van der Waals surface area contributed by atoms with Crippen LogP contribution in [0.1, 0.15) is 43.2 Å². The van der Waals surface area contributed by atoms with E-state index in [9.17, 15) is 10.4 Å². The second-order valence-corrected chi connectivity index (χ2v) is 5.34. The smallest absolute Gasteiger partial charge is 0.101 e. The van der Waals surface area contributed by atoms with Crippen LogP contribution in [-0.4, -0.2) is 24.3 Å². The number of hydrogen-bond acceptors (Lipinski definition) is 3. The van der Waals surface area contributed by atoms with Crippen LogP contribution < -0.4 is 4.90 Å². The van der Waals surface area contributed by atoms with Gasteiger partial charge in [0.2, 0.25) is 0 Å². The maximum absolute atomic E-state index is 9.32. The lowest BCUT2D eigenvalue weighted by atomic mass is 9.93. The third-order valence-corrected chi connectivity index (χ3v) is 3.94. The van der Waals surface area contributed by atoms with Crippen molar-refractivity contribution < 1.29 is 5.11 Å². The summed E-state index contributed by atoms with van der Waals surface area (Å²) in [6.07, 6.45) is 6.14. The fraction of sp³-hybridized carbons (Fsp3) is 0.562. The van der Waals surface area contributed by atoms with Crippen molar-refractivity contribution in [3.63, 3.8) is 0 Å². The zero-order valence-electron chi connectivity index (χ0n) is 11.6. The van der Waals surface area contributed by atoms with Crippen LogP contribution >= 0.6 is 0 Å². The fourth-order valence-electron chi connectivity index (χ4n) is 2.99. The van der Waals surface area contributed by atoms with Crippen molar-refractivity contribution in [1.82, 2.24) is 0 Å². The predicted molar refractivity (Wildman–Crippen MR) is 77.2 cm³/mol. The topological polar surface area (TPSA) is 47.3 Å². The average Bonchev–Trinajstić information content (AvgIpc) is 2.46. The molecular weight excluding hydrogens is 236 g/mol. The molecule has 1 aromatic carbocycles. The molecule has 0 saturated heterocycles. The zero-order valence-corrected chi connectivity index (χ0v) is 11.6. The normalized spacial score (nSPS) is 16.1. The van der Waals surface area contributed by atoms with E-state index in [2.05, 4.69) is 11.0 Å². The standard InChI is InChI=1S/C16H22N2O/c1-13-7-8-16(14(11-13)12-17)18(9-10-19)15-5-3-2-4-6-15/h7-8,11,15,19H,2-6,9-10H2,1H3. The van der Waals surface area contributed by atoms with Gasteiger partial charge in [0, 0.05) is 12.6 Å². The Labute approximate surface area is 115 Å². The number of aliphatic hydroxyl groups is 1. The third-order valence-electron chi connectivity index (χ3n) is 3.94. The first-order chi connectivity index (χ1) is 9.26. The Morgan fingerprint density at radius 1 is 1.32 bits per heavy atom. The molecule has 0 unspecified atom stereocenters. The number of benzene rings is 1. The first kappa shape index (κ1) is 13.9. The van der Waals surface area contributed by atoms with Crippen LogP contribution in [0.15, 0.2) is 18.2 Å². The second kappa shape index (κ2) is 6.58. The lowest BCUT2D eigenvalue weighted by Gasteiger charge is -2.36. The number of rotatable bonds is 4. The Morgan fingerprint density at radius 3 is 2.68 bits per heavy atom. The lowest BCUT2D eigenvalue weighted by Crippen LogP contribution is -2.39. The van der Waals surface area contributed by atoms with Crippen LogP contribution in [0, 0.1) is 18.3 Å². The molecule has 19 heavy (non-hydrogen) atoms. The third kappa shape index (κ3) is 3.27. The Hall–Kier alpha value is -1.53. The van der Waals surface area contributed by atoms with Gasteiger partial charge in [-0.25, -0.2) is 0 Å². The van der Waals surface area contributed by atoms with Gasteiger partial charge in [-0.05, 0) is 37.5 Å². The van der Waals surface area contributed by atoms with Crippen LogP contribution in [0.5, 0.6) is 0 Å². The van der Waals surface area contributed by atoms with Crippen LogP contribution in [0.4, 0.5) is 5.69 Å². The van der Waals surface area contributed by atoms with Crippen molar-refractivity contribution in [2.24, 2.45) is 0 Å². The molecule has 1 aromatic rings. The number of aliphatic hydroxyl groups excluding tert-OH is 1. The molecule has 1 aliphatic rings. The van der Waals surface area contributed by atoms with E-state index >= 15 is 0 Å². The van der Waals surface area contributed by atoms with Gasteiger partial charge >= 0.3 is 0 Å². The first-order valence-electron chi connectivity index (χ1n) is 7.14. The van der Waals surface area contributed by atoms with E-state index in [0.29, 0.717) is 12.6 Å². The van der Waals surface area contributed by atoms with E-state index in [1.165, 1.54) is 32.1 Å². The molecule has 3 nitrogen and oxygen atoms in total. The summed E-state index contributed by atoms with van der Waals surface area (Å²) in [5, 5.41) is 18.6. The largest absolute Gasteiger partial charge is 0.395 e.